The molecular weight excluding hydrogens is 294 g/mol. The van der Waals surface area contributed by atoms with Gasteiger partial charge in [-0.1, -0.05) is 19.3 Å². The summed E-state index contributed by atoms with van der Waals surface area (Å²) in [5, 5.41) is 5.82. The summed E-state index contributed by atoms with van der Waals surface area (Å²) in [4.78, 5) is 26.0. The predicted octanol–water partition coefficient (Wildman–Crippen LogP) is 2.61. The second kappa shape index (κ2) is 6.89. The Labute approximate surface area is 136 Å². The Bertz CT molecular complexity index is 597. The number of anilines is 1. The van der Waals surface area contributed by atoms with Crippen LogP contribution in [-0.2, 0) is 0 Å². The normalized spacial score (nSPS) is 18.7. The van der Waals surface area contributed by atoms with Crippen molar-refractivity contribution in [1.29, 1.82) is 0 Å². The first-order valence-corrected chi connectivity index (χ1v) is 8.23. The molecule has 0 spiro atoms. The van der Waals surface area contributed by atoms with Crippen molar-refractivity contribution >= 4 is 17.6 Å². The van der Waals surface area contributed by atoms with Crippen molar-refractivity contribution in [2.45, 2.75) is 38.1 Å². The van der Waals surface area contributed by atoms with Crippen molar-refractivity contribution in [1.82, 2.24) is 10.2 Å². The van der Waals surface area contributed by atoms with Crippen LogP contribution in [0.15, 0.2) is 18.2 Å². The Morgan fingerprint density at radius 3 is 2.83 bits per heavy atom. The van der Waals surface area contributed by atoms with Crippen molar-refractivity contribution in [3.63, 3.8) is 0 Å². The maximum Gasteiger partial charge on any atom is 0.319 e. The Morgan fingerprint density at radius 2 is 2.04 bits per heavy atom. The minimum absolute atomic E-state index is 0.0890. The quantitative estimate of drug-likeness (QED) is 0.881. The van der Waals surface area contributed by atoms with Gasteiger partial charge < -0.3 is 20.3 Å². The van der Waals surface area contributed by atoms with Crippen molar-refractivity contribution in [3.8, 4) is 5.75 Å². The number of nitrogens with one attached hydrogen (secondary N) is 2. The molecule has 2 N–H and O–H groups in total. The first-order valence-electron chi connectivity index (χ1n) is 8.23. The molecule has 124 valence electrons. The Hall–Kier alpha value is -2.24. The maximum absolute atomic E-state index is 12.3. The Morgan fingerprint density at radius 1 is 1.26 bits per heavy atom. The lowest BCUT2D eigenvalue weighted by Gasteiger charge is -2.23. The molecule has 0 bridgehead atoms. The van der Waals surface area contributed by atoms with Gasteiger partial charge in [-0.2, -0.15) is 0 Å². The summed E-state index contributed by atoms with van der Waals surface area (Å²) in [6, 6.07) is 5.22. The number of carbonyl (C=O) groups is 2. The fourth-order valence-electron chi connectivity index (χ4n) is 3.10. The van der Waals surface area contributed by atoms with Gasteiger partial charge in [0, 0.05) is 18.8 Å². The molecule has 0 aromatic heterocycles. The highest BCUT2D eigenvalue weighted by Crippen LogP contribution is 2.26. The standard InChI is InChI=1S/C17H23N3O3/c1-20-9-10-23-15-8-7-13(11-14(15)16(20)21)19-17(22)18-12-5-3-2-4-6-12/h7-8,11-12H,2-6,9-10H2,1H3,(H2,18,19,22). The van der Waals surface area contributed by atoms with Gasteiger partial charge in [-0.25, -0.2) is 4.79 Å². The zero-order valence-corrected chi connectivity index (χ0v) is 13.4. The maximum atomic E-state index is 12.3. The molecule has 0 radical (unpaired) electrons. The number of fused-ring (bicyclic) bond motifs is 1. The second-order valence-electron chi connectivity index (χ2n) is 6.22. The third kappa shape index (κ3) is 3.75. The molecule has 3 rings (SSSR count). The topological polar surface area (TPSA) is 70.7 Å². The molecular formula is C17H23N3O3. The van der Waals surface area contributed by atoms with Crippen LogP contribution in [0.1, 0.15) is 42.5 Å². The highest BCUT2D eigenvalue weighted by atomic mass is 16.5. The van der Waals surface area contributed by atoms with E-state index in [0.717, 1.165) is 12.8 Å². The van der Waals surface area contributed by atoms with Crippen LogP contribution in [-0.4, -0.2) is 43.1 Å². The van der Waals surface area contributed by atoms with Gasteiger partial charge in [-0.05, 0) is 31.0 Å². The first-order chi connectivity index (χ1) is 11.1. The van der Waals surface area contributed by atoms with Gasteiger partial charge in [0.2, 0.25) is 0 Å². The fraction of sp³-hybridized carbons (Fsp3) is 0.529. The zero-order valence-electron chi connectivity index (χ0n) is 13.4. The molecule has 0 unspecified atom stereocenters. The monoisotopic (exact) mass is 317 g/mol. The van der Waals surface area contributed by atoms with E-state index in [9.17, 15) is 9.59 Å². The van der Waals surface area contributed by atoms with Crippen LogP contribution in [0.25, 0.3) is 0 Å². The smallest absolute Gasteiger partial charge is 0.319 e. The van der Waals surface area contributed by atoms with Gasteiger partial charge in [0.15, 0.2) is 0 Å². The predicted molar refractivity (Wildman–Crippen MR) is 87.9 cm³/mol. The zero-order chi connectivity index (χ0) is 16.2. The first kappa shape index (κ1) is 15.6. The van der Waals surface area contributed by atoms with E-state index in [1.807, 2.05) is 0 Å². The molecule has 1 aliphatic heterocycles. The SMILES string of the molecule is CN1CCOc2ccc(NC(=O)NC3CCCCC3)cc2C1=O. The summed E-state index contributed by atoms with van der Waals surface area (Å²) in [5.74, 6) is 0.478. The van der Waals surface area contributed by atoms with Gasteiger partial charge in [0.25, 0.3) is 5.91 Å². The molecule has 1 aromatic rings. The van der Waals surface area contributed by atoms with Gasteiger partial charge in [-0.3, -0.25) is 4.79 Å². The third-order valence-electron chi connectivity index (χ3n) is 4.44. The van der Waals surface area contributed by atoms with Crippen molar-refractivity contribution < 1.29 is 14.3 Å². The van der Waals surface area contributed by atoms with E-state index >= 15 is 0 Å². The minimum Gasteiger partial charge on any atom is -0.491 e. The van der Waals surface area contributed by atoms with Crippen LogP contribution in [0.4, 0.5) is 10.5 Å². The largest absolute Gasteiger partial charge is 0.491 e. The molecule has 3 amide bonds. The Kier molecular flexibility index (Phi) is 4.69. The van der Waals surface area contributed by atoms with Gasteiger partial charge in [0.1, 0.15) is 12.4 Å². The lowest BCUT2D eigenvalue weighted by Crippen LogP contribution is -2.39. The molecule has 6 nitrogen and oxygen atoms in total. The highest BCUT2D eigenvalue weighted by molar-refractivity contribution is 5.99. The summed E-state index contributed by atoms with van der Waals surface area (Å²) in [5.41, 5.74) is 1.09. The number of amides is 3. The van der Waals surface area contributed by atoms with Crippen molar-refractivity contribution in [2.24, 2.45) is 0 Å². The number of nitrogens with zero attached hydrogens (tertiary/aromatic N) is 1. The summed E-state index contributed by atoms with van der Waals surface area (Å²) in [6.45, 7) is 1.03. The molecule has 23 heavy (non-hydrogen) atoms. The molecule has 0 atom stereocenters. The number of hydrogen-bond acceptors (Lipinski definition) is 3. The molecule has 1 saturated carbocycles. The average molecular weight is 317 g/mol. The van der Waals surface area contributed by atoms with Gasteiger partial charge in [-0.15, -0.1) is 0 Å². The highest BCUT2D eigenvalue weighted by Gasteiger charge is 2.22. The van der Waals surface area contributed by atoms with E-state index in [1.54, 1.807) is 30.1 Å². The number of hydrogen-bond donors (Lipinski definition) is 2. The van der Waals surface area contributed by atoms with E-state index in [-0.39, 0.29) is 18.0 Å². The lowest BCUT2D eigenvalue weighted by molar-refractivity contribution is 0.0796. The summed E-state index contributed by atoms with van der Waals surface area (Å²) < 4.78 is 5.58. The van der Waals surface area contributed by atoms with E-state index in [4.69, 9.17) is 4.74 Å². The molecule has 0 saturated heterocycles. The number of urea groups is 1. The van der Waals surface area contributed by atoms with Crippen molar-refractivity contribution in [3.05, 3.63) is 23.8 Å². The molecule has 2 aliphatic rings. The van der Waals surface area contributed by atoms with Crippen molar-refractivity contribution in [2.75, 3.05) is 25.5 Å². The molecule has 6 heteroatoms. The van der Waals surface area contributed by atoms with Gasteiger partial charge >= 0.3 is 6.03 Å². The molecule has 1 aromatic carbocycles. The van der Waals surface area contributed by atoms with Gasteiger partial charge in [0.05, 0.1) is 12.1 Å². The number of rotatable bonds is 2. The van der Waals surface area contributed by atoms with Crippen LogP contribution < -0.4 is 15.4 Å². The lowest BCUT2D eigenvalue weighted by atomic mass is 9.96. The van der Waals surface area contributed by atoms with Crippen LogP contribution >= 0.6 is 0 Å². The number of benzene rings is 1. The van der Waals surface area contributed by atoms with E-state index < -0.39 is 0 Å². The minimum atomic E-state index is -0.216. The molecule has 1 aliphatic carbocycles. The van der Waals surface area contributed by atoms with E-state index in [1.165, 1.54) is 19.3 Å². The van der Waals surface area contributed by atoms with Crippen LogP contribution in [0.5, 0.6) is 5.75 Å². The van der Waals surface area contributed by atoms with Crippen LogP contribution in [0, 0.1) is 0 Å². The van der Waals surface area contributed by atoms with Crippen LogP contribution in [0.3, 0.4) is 0 Å². The van der Waals surface area contributed by atoms with E-state index in [2.05, 4.69) is 10.6 Å². The number of carbonyl (C=O) groups excluding carboxylic acids is 2. The number of ether oxygens (including phenoxy) is 1. The fourth-order valence-corrected chi connectivity index (χ4v) is 3.10. The van der Waals surface area contributed by atoms with Crippen LogP contribution in [0.2, 0.25) is 0 Å². The average Bonchev–Trinajstić information content (AvgIpc) is 2.68. The summed E-state index contributed by atoms with van der Waals surface area (Å²) in [6.07, 6.45) is 5.66. The second-order valence-corrected chi connectivity index (χ2v) is 6.22. The van der Waals surface area contributed by atoms with E-state index in [0.29, 0.717) is 30.2 Å². The summed E-state index contributed by atoms with van der Waals surface area (Å²) in [7, 11) is 1.75. The summed E-state index contributed by atoms with van der Waals surface area (Å²) >= 11 is 0. The number of likely N-dealkylation sites (N-methyl/N-ethyl adjacent to an activating group) is 1. The molecule has 1 fully saturated rings. The molecule has 1 heterocycles. The third-order valence-corrected chi connectivity index (χ3v) is 4.44. The Balaban J connectivity index is 1.67.